The van der Waals surface area contributed by atoms with E-state index in [1.807, 2.05) is 0 Å². The van der Waals surface area contributed by atoms with Crippen LogP contribution in [0.4, 0.5) is 0 Å². The molecule has 0 aromatic heterocycles. The van der Waals surface area contributed by atoms with Crippen LogP contribution in [0.25, 0.3) is 0 Å². The van der Waals surface area contributed by atoms with Gasteiger partial charge in [0.2, 0.25) is 0 Å². The second kappa shape index (κ2) is 22.1. The fourth-order valence-corrected chi connectivity index (χ4v) is 0.408. The molecule has 0 rings (SSSR count). The number of carbonyl (C=O) groups is 6. The maximum Gasteiger partial charge on any atom is 3.00 e. The van der Waals surface area contributed by atoms with Crippen molar-refractivity contribution in [3.63, 3.8) is 0 Å². The monoisotopic (exact) mass is 446 g/mol. The van der Waals surface area contributed by atoms with Crippen LogP contribution in [0.15, 0.2) is 36.5 Å². The third-order valence-corrected chi connectivity index (χ3v) is 1.07. The molecule has 0 aromatic rings. The van der Waals surface area contributed by atoms with Gasteiger partial charge in [0.25, 0.3) is 0 Å². The second-order valence-corrected chi connectivity index (χ2v) is 2.91. The van der Waals surface area contributed by atoms with Crippen LogP contribution in [0.2, 0.25) is 0 Å². The average Bonchev–Trinajstić information content (AvgIpc) is 2.42. The Balaban J connectivity index is -0.0000000817. The van der Waals surface area contributed by atoms with E-state index in [0.717, 1.165) is 0 Å². The molecule has 12 nitrogen and oxygen atoms in total. The minimum absolute atomic E-state index is 0. The normalized spacial score (nSPS) is 8.77. The number of carboxylic acid groups (broad SMARTS) is 6. The molecule has 0 atom stereocenters. The molecule has 138 valence electrons. The van der Waals surface area contributed by atoms with Crippen LogP contribution in [-0.4, -0.2) is 35.8 Å². The first-order valence-electron chi connectivity index (χ1n) is 5.18. The van der Waals surface area contributed by atoms with Crippen molar-refractivity contribution in [3.8, 4) is 0 Å². The summed E-state index contributed by atoms with van der Waals surface area (Å²) in [6.45, 7) is 0. The molecule has 0 saturated carbocycles. The average molecular weight is 446 g/mol. The van der Waals surface area contributed by atoms with Gasteiger partial charge in [-0.2, -0.15) is 0 Å². The molecule has 0 aromatic carbocycles. The minimum atomic E-state index is -1.55. The predicted molar refractivity (Wildman–Crippen MR) is 57.5 cm³/mol. The molecule has 26 heavy (non-hydrogen) atoms. The van der Waals surface area contributed by atoms with E-state index in [1.54, 1.807) is 0 Å². The van der Waals surface area contributed by atoms with Crippen LogP contribution >= 0.6 is 0 Å². The van der Waals surface area contributed by atoms with Crippen LogP contribution in [0.5, 0.6) is 0 Å². The van der Waals surface area contributed by atoms with E-state index < -0.39 is 35.8 Å². The van der Waals surface area contributed by atoms with E-state index in [2.05, 4.69) is 0 Å². The molecule has 0 unspecified atom stereocenters. The second-order valence-electron chi connectivity index (χ2n) is 2.91. The fourth-order valence-electron chi connectivity index (χ4n) is 0.408. The van der Waals surface area contributed by atoms with Crippen molar-refractivity contribution in [3.05, 3.63) is 36.5 Å². The van der Waals surface area contributed by atoms with Gasteiger partial charge in [-0.1, -0.05) is 0 Å². The molecular formula is C12H6Cr2O12. The SMILES string of the molecule is O=C([O-])/C=C/C(=O)[O-].O=C([O-])/C=C/C(=O)[O-].O=C([O-])/C=C/C(=O)[O-].[Cr+3].[Cr+3]. The molecule has 0 fully saturated rings. The van der Waals surface area contributed by atoms with Crippen molar-refractivity contribution >= 4 is 35.8 Å². The third-order valence-electron chi connectivity index (χ3n) is 1.07. The molecule has 2 radical (unpaired) electrons. The molecule has 14 heteroatoms. The Morgan fingerprint density at radius 2 is 0.423 bits per heavy atom. The minimum Gasteiger partial charge on any atom is -0.545 e. The number of carbonyl (C=O) groups excluding carboxylic acids is 6. The summed E-state index contributed by atoms with van der Waals surface area (Å²) in [7, 11) is 0. The number of hydrogen-bond acceptors (Lipinski definition) is 12. The summed E-state index contributed by atoms with van der Waals surface area (Å²) in [5.41, 5.74) is 0. The molecule has 0 heterocycles. The van der Waals surface area contributed by atoms with Crippen molar-refractivity contribution in [2.75, 3.05) is 0 Å². The van der Waals surface area contributed by atoms with Gasteiger partial charge in [0, 0.05) is 0 Å². The molecule has 0 aliphatic carbocycles. The zero-order valence-electron chi connectivity index (χ0n) is 12.2. The van der Waals surface area contributed by atoms with Gasteiger partial charge in [-0.15, -0.1) is 0 Å². The van der Waals surface area contributed by atoms with Crippen LogP contribution < -0.4 is 30.6 Å². The Bertz CT molecular complexity index is 448. The van der Waals surface area contributed by atoms with Gasteiger partial charge in [0.05, 0.1) is 35.8 Å². The maximum absolute atomic E-state index is 9.41. The van der Waals surface area contributed by atoms with E-state index >= 15 is 0 Å². The number of aliphatic carboxylic acids is 6. The van der Waals surface area contributed by atoms with E-state index in [4.69, 9.17) is 0 Å². The molecule has 0 aliphatic heterocycles. The van der Waals surface area contributed by atoms with Gasteiger partial charge in [-0.05, 0) is 36.5 Å². The van der Waals surface area contributed by atoms with Crippen LogP contribution in [0, 0.1) is 0 Å². The van der Waals surface area contributed by atoms with Crippen LogP contribution in [0.3, 0.4) is 0 Å². The van der Waals surface area contributed by atoms with E-state index in [1.165, 1.54) is 0 Å². The van der Waals surface area contributed by atoms with Crippen molar-refractivity contribution in [1.29, 1.82) is 0 Å². The Hall–Kier alpha value is -2.90. The van der Waals surface area contributed by atoms with Crippen molar-refractivity contribution in [2.45, 2.75) is 0 Å². The first kappa shape index (κ1) is 34.4. The van der Waals surface area contributed by atoms with E-state index in [-0.39, 0.29) is 34.7 Å². The Kier molecular flexibility index (Phi) is 29.3. The van der Waals surface area contributed by atoms with Crippen molar-refractivity contribution < 1.29 is 94.1 Å². The summed E-state index contributed by atoms with van der Waals surface area (Å²) in [6, 6.07) is 0. The van der Waals surface area contributed by atoms with Gasteiger partial charge in [-0.25, -0.2) is 0 Å². The Morgan fingerprint density at radius 1 is 0.346 bits per heavy atom. The molecule has 0 aliphatic rings. The topological polar surface area (TPSA) is 241 Å². The summed E-state index contributed by atoms with van der Waals surface area (Å²) in [5.74, 6) is -9.28. The first-order valence-corrected chi connectivity index (χ1v) is 5.18. The zero-order valence-corrected chi connectivity index (χ0v) is 14.7. The molecular weight excluding hydrogens is 440 g/mol. The summed E-state index contributed by atoms with van der Waals surface area (Å²) in [6.07, 6.45) is 2.31. The van der Waals surface area contributed by atoms with Crippen molar-refractivity contribution in [2.24, 2.45) is 0 Å². The van der Waals surface area contributed by atoms with Gasteiger partial charge in [0.15, 0.2) is 0 Å². The van der Waals surface area contributed by atoms with E-state index in [0.29, 0.717) is 36.5 Å². The molecule has 0 spiro atoms. The van der Waals surface area contributed by atoms with Gasteiger partial charge in [-0.3, -0.25) is 0 Å². The summed E-state index contributed by atoms with van der Waals surface area (Å²) in [4.78, 5) is 56.5. The summed E-state index contributed by atoms with van der Waals surface area (Å²) < 4.78 is 0. The zero-order chi connectivity index (χ0) is 19.7. The maximum atomic E-state index is 9.41. The van der Waals surface area contributed by atoms with Crippen LogP contribution in [-0.2, 0) is 63.5 Å². The molecule has 0 amide bonds. The number of rotatable bonds is 6. The largest absolute Gasteiger partial charge is 3.00 e. The number of hydrogen-bond donors (Lipinski definition) is 0. The van der Waals surface area contributed by atoms with E-state index in [9.17, 15) is 59.4 Å². The molecule has 0 N–H and O–H groups in total. The van der Waals surface area contributed by atoms with Gasteiger partial charge in [0.1, 0.15) is 0 Å². The van der Waals surface area contributed by atoms with Crippen molar-refractivity contribution in [1.82, 2.24) is 0 Å². The Labute approximate surface area is 166 Å². The standard InChI is InChI=1S/3C4H4O4.2Cr/c3*5-3(6)1-2-4(7)8;;/h3*1-2H,(H,5,6)(H,7,8);;/q;;;2*+3/p-6/b3*2-1+;;. The quantitative estimate of drug-likeness (QED) is 0.345. The van der Waals surface area contributed by atoms with Crippen LogP contribution in [0.1, 0.15) is 0 Å². The predicted octanol–water partition coefficient (Wildman–Crippen LogP) is -8.88. The molecule has 0 bridgehead atoms. The summed E-state index contributed by atoms with van der Waals surface area (Å²) in [5, 5.41) is 56.5. The molecule has 0 saturated heterocycles. The number of carboxylic acids is 6. The Morgan fingerprint density at radius 3 is 0.462 bits per heavy atom. The van der Waals surface area contributed by atoms with Gasteiger partial charge < -0.3 is 59.4 Å². The van der Waals surface area contributed by atoms with Gasteiger partial charge >= 0.3 is 34.7 Å². The smallest absolute Gasteiger partial charge is 0.545 e. The third kappa shape index (κ3) is 58.2. The fraction of sp³-hybridized carbons (Fsp3) is 0. The summed E-state index contributed by atoms with van der Waals surface area (Å²) >= 11 is 0. The first-order chi connectivity index (χ1) is 10.9.